The second kappa shape index (κ2) is 5.32. The van der Waals surface area contributed by atoms with Crippen LogP contribution in [-0.4, -0.2) is 54.6 Å². The van der Waals surface area contributed by atoms with Crippen molar-refractivity contribution >= 4 is 17.7 Å². The smallest absolute Gasteiger partial charge is 0.271 e. The highest BCUT2D eigenvalue weighted by Gasteiger charge is 2.36. The van der Waals surface area contributed by atoms with Gasteiger partial charge >= 0.3 is 0 Å². The van der Waals surface area contributed by atoms with Gasteiger partial charge in [-0.05, 0) is 19.4 Å². The minimum atomic E-state index is -0.737. The molecule has 8 heteroatoms. The Bertz CT molecular complexity index is 367. The number of nitrogens with two attached hydrogens (primary N) is 1. The first-order valence-corrected chi connectivity index (χ1v) is 5.84. The van der Waals surface area contributed by atoms with Gasteiger partial charge in [0.15, 0.2) is 0 Å². The first-order chi connectivity index (χ1) is 8.58. The number of hydroxylamine groups is 2. The summed E-state index contributed by atoms with van der Waals surface area (Å²) in [5.41, 5.74) is 4.97. The number of carbonyl (C=O) groups excluding carboxylic acids is 3. The number of hydrogen-bond donors (Lipinski definition) is 3. The number of primary amides is 1. The summed E-state index contributed by atoms with van der Waals surface area (Å²) in [4.78, 5) is 39.2. The van der Waals surface area contributed by atoms with Gasteiger partial charge in [-0.15, -0.1) is 0 Å². The van der Waals surface area contributed by atoms with Crippen molar-refractivity contribution in [2.24, 2.45) is 5.73 Å². The van der Waals surface area contributed by atoms with Crippen LogP contribution >= 0.6 is 0 Å². The van der Waals surface area contributed by atoms with Crippen LogP contribution in [0.5, 0.6) is 0 Å². The van der Waals surface area contributed by atoms with Gasteiger partial charge in [0, 0.05) is 0 Å². The van der Waals surface area contributed by atoms with E-state index in [2.05, 4.69) is 10.6 Å². The Hall–Kier alpha value is -1.67. The molecule has 18 heavy (non-hydrogen) atoms. The molecule has 8 nitrogen and oxygen atoms in total. The average molecular weight is 256 g/mol. The fraction of sp³-hybridized carbons (Fsp3) is 0.700. The summed E-state index contributed by atoms with van der Waals surface area (Å²) in [5, 5.41) is 6.53. The van der Waals surface area contributed by atoms with E-state index in [1.54, 1.807) is 0 Å². The third-order valence-corrected chi connectivity index (χ3v) is 2.93. The number of amides is 3. The Morgan fingerprint density at radius 1 is 1.56 bits per heavy atom. The van der Waals surface area contributed by atoms with Crippen molar-refractivity contribution in [2.75, 3.05) is 19.7 Å². The molecule has 2 aliphatic heterocycles. The lowest BCUT2D eigenvalue weighted by molar-refractivity contribution is -0.165. The molecule has 2 aliphatic rings. The number of nitrogens with one attached hydrogen (secondary N) is 2. The van der Waals surface area contributed by atoms with Crippen LogP contribution in [0.2, 0.25) is 0 Å². The van der Waals surface area contributed by atoms with Crippen molar-refractivity contribution in [1.29, 1.82) is 0 Å². The minimum absolute atomic E-state index is 0.0323. The molecule has 2 rings (SSSR count). The van der Waals surface area contributed by atoms with Crippen molar-refractivity contribution in [2.45, 2.75) is 24.9 Å². The Labute approximate surface area is 104 Å². The Morgan fingerprint density at radius 3 is 2.94 bits per heavy atom. The van der Waals surface area contributed by atoms with Crippen molar-refractivity contribution in [1.82, 2.24) is 15.7 Å². The number of carbonyl (C=O) groups is 3. The molecule has 2 saturated heterocycles. The molecular weight excluding hydrogens is 240 g/mol. The molecule has 3 amide bonds. The molecule has 4 N–H and O–H groups in total. The highest BCUT2D eigenvalue weighted by atomic mass is 16.7. The molecule has 0 aromatic carbocycles. The summed E-state index contributed by atoms with van der Waals surface area (Å²) in [6, 6.07) is -0.984. The van der Waals surface area contributed by atoms with Crippen LogP contribution in [-0.2, 0) is 19.2 Å². The molecular formula is C10H16N4O4. The number of hydrogen-bond acceptors (Lipinski definition) is 5. The van der Waals surface area contributed by atoms with Gasteiger partial charge in [0.2, 0.25) is 11.8 Å². The second-order valence-electron chi connectivity index (χ2n) is 4.35. The lowest BCUT2D eigenvalue weighted by atomic mass is 10.2. The van der Waals surface area contributed by atoms with Crippen molar-refractivity contribution in [3.8, 4) is 0 Å². The summed E-state index contributed by atoms with van der Waals surface area (Å²) in [6.45, 7) is 0.540. The van der Waals surface area contributed by atoms with E-state index < -0.39 is 17.9 Å². The van der Waals surface area contributed by atoms with E-state index in [0.717, 1.165) is 24.4 Å². The summed E-state index contributed by atoms with van der Waals surface area (Å²) >= 11 is 0. The van der Waals surface area contributed by atoms with Crippen LogP contribution in [0.25, 0.3) is 0 Å². The van der Waals surface area contributed by atoms with Gasteiger partial charge < -0.3 is 16.4 Å². The van der Waals surface area contributed by atoms with E-state index in [1.165, 1.54) is 0 Å². The molecule has 2 fully saturated rings. The lowest BCUT2D eigenvalue weighted by Gasteiger charge is -2.14. The maximum atomic E-state index is 11.8. The van der Waals surface area contributed by atoms with E-state index >= 15 is 0 Å². The molecule has 0 bridgehead atoms. The normalized spacial score (nSPS) is 27.6. The van der Waals surface area contributed by atoms with Crippen molar-refractivity contribution in [3.05, 3.63) is 0 Å². The summed E-state index contributed by atoms with van der Waals surface area (Å²) in [7, 11) is 0. The number of rotatable bonds is 4. The van der Waals surface area contributed by atoms with Crippen LogP contribution in [0.15, 0.2) is 0 Å². The summed E-state index contributed by atoms with van der Waals surface area (Å²) < 4.78 is 0. The Balaban J connectivity index is 1.85. The third-order valence-electron chi connectivity index (χ3n) is 2.93. The average Bonchev–Trinajstić information content (AvgIpc) is 2.93. The Kier molecular flexibility index (Phi) is 3.78. The highest BCUT2D eigenvalue weighted by Crippen LogP contribution is 2.09. The second-order valence-corrected chi connectivity index (χ2v) is 4.35. The van der Waals surface area contributed by atoms with Crippen LogP contribution < -0.4 is 16.4 Å². The monoisotopic (exact) mass is 256 g/mol. The summed E-state index contributed by atoms with van der Waals surface area (Å²) in [5.74, 6) is -1.32. The van der Waals surface area contributed by atoms with E-state index in [9.17, 15) is 14.4 Å². The topological polar surface area (TPSA) is 114 Å². The molecule has 0 aliphatic carbocycles. The van der Waals surface area contributed by atoms with E-state index in [-0.39, 0.29) is 25.1 Å². The molecule has 2 heterocycles. The number of nitrogens with zero attached hydrogens (tertiary/aromatic N) is 1. The summed E-state index contributed by atoms with van der Waals surface area (Å²) in [6.07, 6.45) is 1.71. The van der Waals surface area contributed by atoms with Crippen LogP contribution in [0.3, 0.4) is 0 Å². The SMILES string of the molecule is NC(=O)CN1OC[C@@H](NC(=O)C2CCCN2)C1=O. The fourth-order valence-corrected chi connectivity index (χ4v) is 2.02. The maximum Gasteiger partial charge on any atom is 0.271 e. The van der Waals surface area contributed by atoms with Crippen LogP contribution in [0, 0.1) is 0 Å². The fourth-order valence-electron chi connectivity index (χ4n) is 2.02. The predicted octanol–water partition coefficient (Wildman–Crippen LogP) is -2.52. The minimum Gasteiger partial charge on any atom is -0.368 e. The van der Waals surface area contributed by atoms with Crippen LogP contribution in [0.1, 0.15) is 12.8 Å². The standard InChI is InChI=1S/C10H16N4O4/c11-8(15)4-14-10(17)7(5-18-14)13-9(16)6-2-1-3-12-6/h6-7,12H,1-5H2,(H2,11,15)(H,13,16)/t6?,7-/m1/s1. The third kappa shape index (κ3) is 2.77. The van der Waals surface area contributed by atoms with Gasteiger partial charge in [-0.25, -0.2) is 5.06 Å². The van der Waals surface area contributed by atoms with Gasteiger partial charge in [0.05, 0.1) is 6.04 Å². The zero-order chi connectivity index (χ0) is 13.1. The molecule has 100 valence electrons. The Morgan fingerprint density at radius 2 is 2.33 bits per heavy atom. The quantitative estimate of drug-likeness (QED) is 0.514. The van der Waals surface area contributed by atoms with Crippen molar-refractivity contribution in [3.63, 3.8) is 0 Å². The zero-order valence-electron chi connectivity index (χ0n) is 9.85. The molecule has 0 saturated carbocycles. The molecule has 0 aromatic heterocycles. The zero-order valence-corrected chi connectivity index (χ0v) is 9.85. The van der Waals surface area contributed by atoms with Crippen molar-refractivity contribution < 1.29 is 19.2 Å². The largest absolute Gasteiger partial charge is 0.368 e. The first-order valence-electron chi connectivity index (χ1n) is 5.84. The predicted molar refractivity (Wildman–Crippen MR) is 59.8 cm³/mol. The molecule has 0 spiro atoms. The maximum absolute atomic E-state index is 11.8. The highest BCUT2D eigenvalue weighted by molar-refractivity contribution is 5.92. The van der Waals surface area contributed by atoms with E-state index in [4.69, 9.17) is 10.6 Å². The van der Waals surface area contributed by atoms with Crippen LogP contribution in [0.4, 0.5) is 0 Å². The van der Waals surface area contributed by atoms with E-state index in [1.807, 2.05) is 0 Å². The first kappa shape index (κ1) is 12.8. The van der Waals surface area contributed by atoms with Gasteiger partial charge in [-0.1, -0.05) is 0 Å². The molecule has 0 aromatic rings. The molecule has 0 radical (unpaired) electrons. The molecule has 2 atom stereocenters. The van der Waals surface area contributed by atoms with Gasteiger partial charge in [-0.2, -0.15) is 0 Å². The molecule has 1 unspecified atom stereocenters. The van der Waals surface area contributed by atoms with Gasteiger partial charge in [-0.3, -0.25) is 19.2 Å². The van der Waals surface area contributed by atoms with Gasteiger partial charge in [0.1, 0.15) is 19.2 Å². The van der Waals surface area contributed by atoms with Gasteiger partial charge in [0.25, 0.3) is 5.91 Å². The van der Waals surface area contributed by atoms with E-state index in [0.29, 0.717) is 0 Å². The lowest BCUT2D eigenvalue weighted by Crippen LogP contribution is -2.49.